The molecule has 1 aromatic carbocycles. The number of aromatic nitrogens is 4. The maximum absolute atomic E-state index is 12.7. The van der Waals surface area contributed by atoms with Crippen LogP contribution in [0.15, 0.2) is 35.7 Å². The van der Waals surface area contributed by atoms with Gasteiger partial charge in [0, 0.05) is 19.6 Å². The number of hydrogen-bond donors (Lipinski definition) is 1. The van der Waals surface area contributed by atoms with E-state index in [1.54, 1.807) is 24.7 Å². The number of hydrogen-bond acceptors (Lipinski definition) is 8. The summed E-state index contributed by atoms with van der Waals surface area (Å²) in [6, 6.07) is 4.02. The largest absolute Gasteiger partial charge is 0.462 e. The molecule has 0 bridgehead atoms. The summed E-state index contributed by atoms with van der Waals surface area (Å²) in [5.74, 6) is -0.395. The molecule has 2 heterocycles. The van der Waals surface area contributed by atoms with Crippen LogP contribution in [0.25, 0.3) is 11.2 Å². The number of anilines is 1. The highest BCUT2D eigenvalue weighted by Gasteiger charge is 2.24. The van der Waals surface area contributed by atoms with E-state index < -0.39 is 16.0 Å². The number of carbonyl (C=O) groups excluding carboxylic acids is 1. The molecule has 0 radical (unpaired) electrons. The minimum Gasteiger partial charge on any atom is -0.462 e. The van der Waals surface area contributed by atoms with Gasteiger partial charge in [-0.25, -0.2) is 28.2 Å². The first-order valence-electron chi connectivity index (χ1n) is 9.67. The van der Waals surface area contributed by atoms with Crippen molar-refractivity contribution in [2.24, 2.45) is 0 Å². The lowest BCUT2D eigenvalue weighted by Crippen LogP contribution is -2.30. The number of carbonyl (C=O) groups is 1. The van der Waals surface area contributed by atoms with Crippen LogP contribution in [0, 0.1) is 0 Å². The molecule has 0 atom stereocenters. The summed E-state index contributed by atoms with van der Waals surface area (Å²) in [4.78, 5) is 24.7. The highest BCUT2D eigenvalue weighted by atomic mass is 35.5. The molecule has 0 aliphatic carbocycles. The normalized spacial score (nSPS) is 11.9. The number of ether oxygens (including phenoxy) is 1. The first-order valence-corrected chi connectivity index (χ1v) is 11.5. The van der Waals surface area contributed by atoms with Crippen LogP contribution in [-0.4, -0.2) is 57.9 Å². The molecule has 0 unspecified atom stereocenters. The van der Waals surface area contributed by atoms with E-state index in [2.05, 4.69) is 15.0 Å². The van der Waals surface area contributed by atoms with Crippen LogP contribution < -0.4 is 5.73 Å². The fourth-order valence-corrected chi connectivity index (χ4v) is 4.75. The number of nitrogens with zero attached hydrogens (tertiary/aromatic N) is 5. The first-order chi connectivity index (χ1) is 14.8. The molecule has 0 fully saturated rings. The van der Waals surface area contributed by atoms with Crippen molar-refractivity contribution in [2.75, 3.05) is 25.4 Å². The number of benzene rings is 1. The molecule has 0 spiro atoms. The second-order valence-electron chi connectivity index (χ2n) is 6.59. The zero-order chi connectivity index (χ0) is 22.6. The third kappa shape index (κ3) is 4.78. The van der Waals surface area contributed by atoms with Gasteiger partial charge in [-0.15, -0.1) is 0 Å². The predicted molar refractivity (Wildman–Crippen MR) is 116 cm³/mol. The summed E-state index contributed by atoms with van der Waals surface area (Å²) < 4.78 is 33.8. The number of halogens is 1. The zero-order valence-electron chi connectivity index (χ0n) is 17.2. The Hall–Kier alpha value is -2.76. The summed E-state index contributed by atoms with van der Waals surface area (Å²) in [7, 11) is -3.72. The average molecular weight is 467 g/mol. The van der Waals surface area contributed by atoms with Crippen molar-refractivity contribution < 1.29 is 17.9 Å². The summed E-state index contributed by atoms with van der Waals surface area (Å²) in [6.45, 7) is 4.72. The van der Waals surface area contributed by atoms with Gasteiger partial charge in [-0.05, 0) is 24.6 Å². The van der Waals surface area contributed by atoms with Gasteiger partial charge in [0.1, 0.15) is 11.8 Å². The highest BCUT2D eigenvalue weighted by molar-refractivity contribution is 7.89. The number of fused-ring (bicyclic) bond motifs is 1. The van der Waals surface area contributed by atoms with Crippen LogP contribution in [0.4, 0.5) is 5.82 Å². The van der Waals surface area contributed by atoms with Crippen molar-refractivity contribution in [3.05, 3.63) is 41.4 Å². The van der Waals surface area contributed by atoms with Gasteiger partial charge in [0.15, 0.2) is 11.5 Å². The molecule has 0 amide bonds. The van der Waals surface area contributed by atoms with Gasteiger partial charge in [0.05, 0.1) is 28.4 Å². The van der Waals surface area contributed by atoms with Gasteiger partial charge in [-0.1, -0.05) is 25.4 Å². The number of aryl methyl sites for hydroxylation is 1. The number of imidazole rings is 1. The maximum Gasteiger partial charge on any atom is 0.339 e. The number of nitrogen functional groups attached to an aromatic ring is 1. The van der Waals surface area contributed by atoms with E-state index >= 15 is 0 Å². The van der Waals surface area contributed by atoms with E-state index in [0.29, 0.717) is 43.0 Å². The summed E-state index contributed by atoms with van der Waals surface area (Å²) in [6.07, 6.45) is 3.43. The number of sulfonamides is 1. The molecule has 166 valence electrons. The van der Waals surface area contributed by atoms with Gasteiger partial charge in [-0.2, -0.15) is 4.31 Å². The second kappa shape index (κ2) is 9.58. The van der Waals surface area contributed by atoms with Crippen molar-refractivity contribution in [3.63, 3.8) is 0 Å². The Labute approximate surface area is 185 Å². The van der Waals surface area contributed by atoms with Gasteiger partial charge in [0.2, 0.25) is 10.0 Å². The molecule has 0 aliphatic heterocycles. The number of esters is 1. The van der Waals surface area contributed by atoms with Crippen LogP contribution in [0.1, 0.15) is 30.6 Å². The Kier molecular flexibility index (Phi) is 7.08. The van der Waals surface area contributed by atoms with Gasteiger partial charge < -0.3 is 15.0 Å². The lowest BCUT2D eigenvalue weighted by molar-refractivity contribution is 0.0496. The fourth-order valence-electron chi connectivity index (χ4n) is 3.07. The first kappa shape index (κ1) is 22.9. The summed E-state index contributed by atoms with van der Waals surface area (Å²) >= 11 is 6.12. The topological polar surface area (TPSA) is 133 Å². The zero-order valence-corrected chi connectivity index (χ0v) is 18.7. The Morgan fingerprint density at radius 2 is 1.97 bits per heavy atom. The Morgan fingerprint density at radius 3 is 2.68 bits per heavy atom. The summed E-state index contributed by atoms with van der Waals surface area (Å²) in [5.41, 5.74) is 6.88. The van der Waals surface area contributed by atoms with Crippen molar-refractivity contribution >= 4 is 44.6 Å². The number of rotatable bonds is 9. The molecule has 3 rings (SSSR count). The second-order valence-corrected chi connectivity index (χ2v) is 8.93. The van der Waals surface area contributed by atoms with Crippen molar-refractivity contribution in [1.29, 1.82) is 0 Å². The van der Waals surface area contributed by atoms with Crippen LogP contribution in [0.2, 0.25) is 5.02 Å². The van der Waals surface area contributed by atoms with Gasteiger partial charge in [-0.3, -0.25) is 0 Å². The quantitative estimate of drug-likeness (QED) is 0.375. The Morgan fingerprint density at radius 1 is 1.23 bits per heavy atom. The molecule has 2 N–H and O–H groups in total. The van der Waals surface area contributed by atoms with Crippen LogP contribution in [0.3, 0.4) is 0 Å². The highest BCUT2D eigenvalue weighted by Crippen LogP contribution is 2.24. The fraction of sp³-hybridized carbons (Fsp3) is 0.368. The van der Waals surface area contributed by atoms with Crippen molar-refractivity contribution in [3.8, 4) is 0 Å². The maximum atomic E-state index is 12.7. The van der Waals surface area contributed by atoms with Gasteiger partial charge >= 0.3 is 5.97 Å². The van der Waals surface area contributed by atoms with E-state index in [1.165, 1.54) is 28.8 Å². The lowest BCUT2D eigenvalue weighted by atomic mass is 10.2. The third-order valence-electron chi connectivity index (χ3n) is 4.71. The monoisotopic (exact) mass is 466 g/mol. The van der Waals surface area contributed by atoms with Gasteiger partial charge in [0.25, 0.3) is 0 Å². The Bertz CT molecular complexity index is 1190. The van der Waals surface area contributed by atoms with Crippen molar-refractivity contribution in [1.82, 2.24) is 23.8 Å². The van der Waals surface area contributed by atoms with E-state index in [9.17, 15) is 13.2 Å². The van der Waals surface area contributed by atoms with E-state index in [-0.39, 0.29) is 22.1 Å². The van der Waals surface area contributed by atoms with E-state index in [4.69, 9.17) is 22.1 Å². The minimum atomic E-state index is -3.72. The van der Waals surface area contributed by atoms with E-state index in [0.717, 1.165) is 0 Å². The lowest BCUT2D eigenvalue weighted by Gasteiger charge is -2.19. The molecule has 10 nitrogen and oxygen atoms in total. The molecule has 0 aliphatic rings. The Balaban J connectivity index is 1.66. The third-order valence-corrected chi connectivity index (χ3v) is 7.08. The molecule has 2 aromatic heterocycles. The summed E-state index contributed by atoms with van der Waals surface area (Å²) in [5, 5.41) is 0.122. The molecular formula is C19H23ClN6O4S. The molecule has 0 saturated carbocycles. The van der Waals surface area contributed by atoms with Crippen molar-refractivity contribution in [2.45, 2.75) is 31.7 Å². The molecular weight excluding hydrogens is 444 g/mol. The standard InChI is InChI=1S/C19H23ClN6O4S/c1-3-26(4-2)31(28,29)13-6-7-15(20)14(10-13)19(27)30-9-5-8-25-12-24-16-17(21)22-11-23-18(16)25/h6-7,10-12H,3-5,8-9H2,1-2H3,(H2,21,22,23). The van der Waals surface area contributed by atoms with Crippen LogP contribution in [0.5, 0.6) is 0 Å². The predicted octanol–water partition coefficient (Wildman–Crippen LogP) is 2.34. The molecule has 31 heavy (non-hydrogen) atoms. The SMILES string of the molecule is CCN(CC)S(=O)(=O)c1ccc(Cl)c(C(=O)OCCCn2cnc3c(N)ncnc32)c1. The van der Waals surface area contributed by atoms with Crippen LogP contribution >= 0.6 is 11.6 Å². The average Bonchev–Trinajstić information content (AvgIpc) is 3.16. The number of nitrogens with two attached hydrogens (primary N) is 1. The molecule has 0 saturated heterocycles. The minimum absolute atomic E-state index is 0.00323. The van der Waals surface area contributed by atoms with Crippen LogP contribution in [-0.2, 0) is 21.3 Å². The smallest absolute Gasteiger partial charge is 0.339 e. The molecule has 3 aromatic rings. The van der Waals surface area contributed by atoms with E-state index in [1.807, 2.05) is 0 Å². The molecule has 12 heteroatoms.